The third kappa shape index (κ3) is 6.78. The predicted molar refractivity (Wildman–Crippen MR) is 168 cm³/mol. The molecule has 44 heavy (non-hydrogen) atoms. The molecular weight excluding hydrogens is 584 g/mol. The number of esters is 1. The largest absolute Gasteiger partial charge is 0.507 e. The number of carbonyl (C=O) groups is 3. The molecule has 232 valence electrons. The smallest absolute Gasteiger partial charge is 0.350 e. The molecule has 1 amide bonds. The normalized spacial score (nSPS) is 15.9. The van der Waals surface area contributed by atoms with Crippen LogP contribution < -0.4 is 19.1 Å². The van der Waals surface area contributed by atoms with Gasteiger partial charge in [0.2, 0.25) is 0 Å². The maximum Gasteiger partial charge on any atom is 0.350 e. The first kappa shape index (κ1) is 32.3. The van der Waals surface area contributed by atoms with E-state index in [0.29, 0.717) is 53.2 Å². The van der Waals surface area contributed by atoms with Crippen molar-refractivity contribution in [1.29, 1.82) is 0 Å². The number of thiazole rings is 1. The number of aliphatic hydroxyl groups is 1. The maximum atomic E-state index is 13.7. The number of anilines is 1. The molecule has 2 heterocycles. The number of benzene rings is 2. The van der Waals surface area contributed by atoms with Crippen molar-refractivity contribution in [3.63, 3.8) is 0 Å². The zero-order chi connectivity index (χ0) is 32.0. The second-order valence-corrected chi connectivity index (χ2v) is 11.3. The lowest BCUT2D eigenvalue weighted by molar-refractivity contribution is -0.132. The highest BCUT2D eigenvalue weighted by Crippen LogP contribution is 2.45. The Hall–Kier alpha value is -4.64. The monoisotopic (exact) mass is 620 g/mol. The Morgan fingerprint density at radius 2 is 1.93 bits per heavy atom. The molecule has 1 unspecified atom stereocenters. The fraction of sp³-hybridized carbons (Fsp3) is 0.333. The van der Waals surface area contributed by atoms with Crippen LogP contribution >= 0.6 is 11.3 Å². The number of nitrogens with zero attached hydrogens (tertiary/aromatic N) is 2. The third-order valence-corrected chi connectivity index (χ3v) is 7.96. The van der Waals surface area contributed by atoms with E-state index in [4.69, 9.17) is 18.9 Å². The SMILES string of the molecule is C=CCOC(=O)c1sc(N2C(=O)C(=O)/C(=C(/O)c3cccc(OCC)c3)C2c2ccc(OCCC(C)C)c(OC)c2)nc1C. The summed E-state index contributed by atoms with van der Waals surface area (Å²) in [5, 5.41) is 11.7. The van der Waals surface area contributed by atoms with Crippen LogP contribution in [0.5, 0.6) is 17.2 Å². The molecule has 11 heteroatoms. The van der Waals surface area contributed by atoms with Crippen molar-refractivity contribution in [3.05, 3.63) is 82.4 Å². The number of rotatable bonds is 13. The zero-order valence-electron chi connectivity index (χ0n) is 25.4. The van der Waals surface area contributed by atoms with Gasteiger partial charge in [-0.3, -0.25) is 14.5 Å². The highest BCUT2D eigenvalue weighted by Gasteiger charge is 2.48. The Labute approximate surface area is 260 Å². The summed E-state index contributed by atoms with van der Waals surface area (Å²) in [6.07, 6.45) is 2.28. The van der Waals surface area contributed by atoms with Crippen molar-refractivity contribution in [2.24, 2.45) is 5.92 Å². The number of hydrogen-bond acceptors (Lipinski definition) is 10. The Balaban J connectivity index is 1.87. The van der Waals surface area contributed by atoms with Gasteiger partial charge in [-0.2, -0.15) is 0 Å². The Morgan fingerprint density at radius 3 is 2.61 bits per heavy atom. The molecule has 1 fully saturated rings. The first-order valence-electron chi connectivity index (χ1n) is 14.2. The second-order valence-electron chi connectivity index (χ2n) is 10.4. The van der Waals surface area contributed by atoms with E-state index >= 15 is 0 Å². The molecule has 3 aromatic rings. The fourth-order valence-corrected chi connectivity index (χ4v) is 5.64. The minimum absolute atomic E-state index is 0.00220. The minimum Gasteiger partial charge on any atom is -0.507 e. The van der Waals surface area contributed by atoms with Crippen LogP contribution in [0, 0.1) is 12.8 Å². The molecule has 0 saturated carbocycles. The summed E-state index contributed by atoms with van der Waals surface area (Å²) < 4.78 is 22.3. The van der Waals surface area contributed by atoms with Crippen LogP contribution in [0.3, 0.4) is 0 Å². The molecule has 2 aromatic carbocycles. The molecule has 1 aliphatic rings. The molecule has 0 radical (unpaired) electrons. The van der Waals surface area contributed by atoms with Crippen LogP contribution in [0.25, 0.3) is 5.76 Å². The second kappa shape index (κ2) is 14.2. The number of ether oxygens (including phenoxy) is 4. The molecule has 1 atom stereocenters. The van der Waals surface area contributed by atoms with Crippen molar-refractivity contribution in [3.8, 4) is 17.2 Å². The van der Waals surface area contributed by atoms with Gasteiger partial charge in [0.25, 0.3) is 5.78 Å². The molecule has 1 N–H and O–H groups in total. The number of methoxy groups -OCH3 is 1. The van der Waals surface area contributed by atoms with Gasteiger partial charge >= 0.3 is 11.9 Å². The quantitative estimate of drug-likeness (QED) is 0.0776. The van der Waals surface area contributed by atoms with Crippen molar-refractivity contribution in [1.82, 2.24) is 4.98 Å². The van der Waals surface area contributed by atoms with E-state index in [1.54, 1.807) is 49.4 Å². The molecule has 1 saturated heterocycles. The Kier molecular flexibility index (Phi) is 10.4. The van der Waals surface area contributed by atoms with Crippen LogP contribution in [0.2, 0.25) is 0 Å². The first-order valence-corrected chi connectivity index (χ1v) is 15.0. The summed E-state index contributed by atoms with van der Waals surface area (Å²) in [5.41, 5.74) is 0.936. The molecule has 0 bridgehead atoms. The number of ketones is 1. The van der Waals surface area contributed by atoms with Crippen molar-refractivity contribution >= 4 is 39.9 Å². The standard InChI is InChI=1S/C33H36N2O8S/c1-7-15-43-32(39)30-20(5)34-33(44-30)35-27(21-12-13-24(25(18-21)40-6)42-16-14-19(3)4)26(29(37)31(35)38)28(36)22-10-9-11-23(17-22)41-8-2/h7,9-13,17-19,27,36H,1,8,14-16H2,2-6H3/b28-26+. The third-order valence-electron chi connectivity index (χ3n) is 6.83. The highest BCUT2D eigenvalue weighted by atomic mass is 32.1. The predicted octanol–water partition coefficient (Wildman–Crippen LogP) is 6.25. The maximum absolute atomic E-state index is 13.7. The van der Waals surface area contributed by atoms with Gasteiger partial charge in [-0.05, 0) is 56.0 Å². The van der Waals surface area contributed by atoms with Gasteiger partial charge in [0.1, 0.15) is 23.0 Å². The lowest BCUT2D eigenvalue weighted by Gasteiger charge is -2.24. The van der Waals surface area contributed by atoms with Gasteiger partial charge in [0, 0.05) is 5.56 Å². The van der Waals surface area contributed by atoms with E-state index in [2.05, 4.69) is 25.4 Å². The molecule has 10 nitrogen and oxygen atoms in total. The van der Waals surface area contributed by atoms with E-state index in [0.717, 1.165) is 17.8 Å². The molecule has 1 aliphatic heterocycles. The number of aliphatic hydroxyl groups excluding tert-OH is 1. The van der Waals surface area contributed by atoms with Gasteiger partial charge in [-0.15, -0.1) is 0 Å². The number of carbonyl (C=O) groups excluding carboxylic acids is 3. The molecule has 1 aromatic heterocycles. The summed E-state index contributed by atoms with van der Waals surface area (Å²) in [5.74, 6) is -1.01. The summed E-state index contributed by atoms with van der Waals surface area (Å²) in [6, 6.07) is 10.6. The number of hydrogen-bond donors (Lipinski definition) is 1. The van der Waals surface area contributed by atoms with E-state index < -0.39 is 23.7 Å². The topological polar surface area (TPSA) is 124 Å². The van der Waals surface area contributed by atoms with Crippen LogP contribution in [0.1, 0.15) is 59.7 Å². The Morgan fingerprint density at radius 1 is 1.16 bits per heavy atom. The summed E-state index contributed by atoms with van der Waals surface area (Å²) in [7, 11) is 1.50. The molecule has 0 spiro atoms. The van der Waals surface area contributed by atoms with Gasteiger partial charge in [0.05, 0.1) is 37.6 Å². The van der Waals surface area contributed by atoms with Crippen molar-refractivity contribution < 1.29 is 38.4 Å². The van der Waals surface area contributed by atoms with Crippen LogP contribution in [-0.4, -0.2) is 54.7 Å². The summed E-state index contributed by atoms with van der Waals surface area (Å²) >= 11 is 0.918. The summed E-state index contributed by atoms with van der Waals surface area (Å²) in [6.45, 7) is 12.1. The average molecular weight is 621 g/mol. The zero-order valence-corrected chi connectivity index (χ0v) is 26.2. The lowest BCUT2D eigenvalue weighted by atomic mass is 9.95. The fourth-order valence-electron chi connectivity index (χ4n) is 4.65. The van der Waals surface area contributed by atoms with Crippen LogP contribution in [0.15, 0.2) is 60.7 Å². The molecular formula is C33H36N2O8S. The van der Waals surface area contributed by atoms with E-state index in [9.17, 15) is 19.5 Å². The van der Waals surface area contributed by atoms with Crippen LogP contribution in [-0.2, 0) is 14.3 Å². The van der Waals surface area contributed by atoms with Crippen molar-refractivity contribution in [2.45, 2.75) is 40.2 Å². The molecule has 0 aliphatic carbocycles. The lowest BCUT2D eigenvalue weighted by Crippen LogP contribution is -2.29. The number of amides is 1. The van der Waals surface area contributed by atoms with Crippen molar-refractivity contribution in [2.75, 3.05) is 31.8 Å². The average Bonchev–Trinajstić information content (AvgIpc) is 3.51. The number of aromatic nitrogens is 1. The van der Waals surface area contributed by atoms with E-state index in [1.165, 1.54) is 18.1 Å². The van der Waals surface area contributed by atoms with Gasteiger partial charge in [0.15, 0.2) is 16.6 Å². The van der Waals surface area contributed by atoms with E-state index in [1.807, 2.05) is 6.92 Å². The Bertz CT molecular complexity index is 1590. The number of aryl methyl sites for hydroxylation is 1. The first-order chi connectivity index (χ1) is 21.1. The molecule has 4 rings (SSSR count). The minimum atomic E-state index is -1.10. The van der Waals surface area contributed by atoms with Crippen LogP contribution in [0.4, 0.5) is 5.13 Å². The van der Waals surface area contributed by atoms with Gasteiger partial charge < -0.3 is 24.1 Å². The van der Waals surface area contributed by atoms with Gasteiger partial charge in [-0.25, -0.2) is 9.78 Å². The highest BCUT2D eigenvalue weighted by molar-refractivity contribution is 7.17. The van der Waals surface area contributed by atoms with Gasteiger partial charge in [-0.1, -0.05) is 56.0 Å². The summed E-state index contributed by atoms with van der Waals surface area (Å²) in [4.78, 5) is 45.9. The number of Topliss-reactive ketones (excluding diaryl/α,β-unsaturated/α-hetero) is 1. The van der Waals surface area contributed by atoms with E-state index in [-0.39, 0.29) is 27.9 Å².